The molecule has 1 saturated heterocycles. The van der Waals surface area contributed by atoms with Gasteiger partial charge in [-0.2, -0.15) is 4.72 Å². The topological polar surface area (TPSA) is 203 Å². The minimum absolute atomic E-state index is 0.0335. The summed E-state index contributed by atoms with van der Waals surface area (Å²) in [6.07, 6.45) is -0.785. The second-order valence-corrected chi connectivity index (χ2v) is 16.9. The Labute approximate surface area is 292 Å². The summed E-state index contributed by atoms with van der Waals surface area (Å²) < 4.78 is 65.2. The lowest BCUT2D eigenvalue weighted by atomic mass is 9.94. The Hall–Kier alpha value is -4.41. The zero-order valence-corrected chi connectivity index (χ0v) is 30.4. The van der Waals surface area contributed by atoms with E-state index in [1.54, 1.807) is 39.0 Å². The van der Waals surface area contributed by atoms with Crippen molar-refractivity contribution in [2.45, 2.75) is 75.3 Å². The molecule has 0 aliphatic carbocycles. The smallest absolute Gasteiger partial charge is 0.407 e. The molecule has 1 fully saturated rings. The molecule has 50 heavy (non-hydrogen) atoms. The van der Waals surface area contributed by atoms with Gasteiger partial charge in [-0.05, 0) is 87.1 Å². The SMILES string of the molecule is Cc1c(C)c(S(=O)(=O)N(CCCC(NS(=O)(=O)c2ccc3ccccc3c2)C(=O)N2CCN(C(=O)O)CC2)C(=N)N)c(C)c2c1OC(C)(C)C2. The van der Waals surface area contributed by atoms with Crippen LogP contribution in [-0.2, 0) is 31.3 Å². The normalized spacial score (nSPS) is 16.5. The molecule has 2 heterocycles. The van der Waals surface area contributed by atoms with Gasteiger partial charge in [0.05, 0.1) is 9.79 Å². The largest absolute Gasteiger partial charge is 0.487 e. The number of benzene rings is 3. The summed E-state index contributed by atoms with van der Waals surface area (Å²) in [6, 6.07) is 10.5. The van der Waals surface area contributed by atoms with E-state index < -0.39 is 49.6 Å². The fourth-order valence-electron chi connectivity index (χ4n) is 6.71. The number of nitrogens with zero attached hydrogens (tertiary/aromatic N) is 3. The quantitative estimate of drug-likeness (QED) is 0.178. The van der Waals surface area contributed by atoms with E-state index in [0.717, 1.165) is 15.3 Å². The molecule has 3 aromatic carbocycles. The molecule has 0 saturated carbocycles. The van der Waals surface area contributed by atoms with Gasteiger partial charge in [0, 0.05) is 44.7 Å². The van der Waals surface area contributed by atoms with Crippen LogP contribution in [0.2, 0.25) is 0 Å². The van der Waals surface area contributed by atoms with Gasteiger partial charge in [-0.15, -0.1) is 0 Å². The summed E-state index contributed by atoms with van der Waals surface area (Å²) in [4.78, 5) is 27.8. The molecule has 5 N–H and O–H groups in total. The van der Waals surface area contributed by atoms with E-state index in [0.29, 0.717) is 34.2 Å². The molecule has 0 aromatic heterocycles. The van der Waals surface area contributed by atoms with Gasteiger partial charge in [-0.3, -0.25) is 10.2 Å². The Morgan fingerprint density at radius 2 is 1.60 bits per heavy atom. The fraction of sp³-hybridized carbons (Fsp3) is 0.441. The number of nitrogens with two attached hydrogens (primary N) is 1. The predicted octanol–water partition coefficient (Wildman–Crippen LogP) is 3.31. The molecule has 3 aromatic rings. The lowest BCUT2D eigenvalue weighted by Crippen LogP contribution is -2.55. The first kappa shape index (κ1) is 36.9. The lowest BCUT2D eigenvalue weighted by molar-refractivity contribution is -0.134. The number of carboxylic acid groups (broad SMARTS) is 1. The van der Waals surface area contributed by atoms with Gasteiger partial charge in [0.15, 0.2) is 0 Å². The van der Waals surface area contributed by atoms with Crippen LogP contribution in [0.3, 0.4) is 0 Å². The molecule has 2 aliphatic rings. The Morgan fingerprint density at radius 1 is 0.980 bits per heavy atom. The maximum absolute atomic E-state index is 14.2. The number of piperazine rings is 1. The van der Waals surface area contributed by atoms with E-state index in [-0.39, 0.29) is 55.4 Å². The van der Waals surface area contributed by atoms with Crippen molar-refractivity contribution < 1.29 is 36.3 Å². The van der Waals surface area contributed by atoms with Crippen molar-refractivity contribution in [3.63, 3.8) is 0 Å². The Kier molecular flexibility index (Phi) is 10.1. The maximum Gasteiger partial charge on any atom is 0.407 e. The molecule has 1 atom stereocenters. The molecule has 2 amide bonds. The molecule has 2 aliphatic heterocycles. The van der Waals surface area contributed by atoms with Crippen LogP contribution in [0.5, 0.6) is 5.75 Å². The van der Waals surface area contributed by atoms with Crippen molar-refractivity contribution in [1.29, 1.82) is 5.41 Å². The third-order valence-electron chi connectivity index (χ3n) is 9.45. The summed E-state index contributed by atoms with van der Waals surface area (Å²) in [7, 11) is -8.60. The first-order chi connectivity index (χ1) is 23.3. The van der Waals surface area contributed by atoms with Gasteiger partial charge in [0.1, 0.15) is 17.4 Å². The summed E-state index contributed by atoms with van der Waals surface area (Å²) in [5.74, 6) is -0.634. The number of ether oxygens (including phenoxy) is 1. The van der Waals surface area contributed by atoms with Crippen molar-refractivity contribution >= 4 is 48.8 Å². The van der Waals surface area contributed by atoms with Gasteiger partial charge in [0.25, 0.3) is 10.0 Å². The van der Waals surface area contributed by atoms with E-state index >= 15 is 0 Å². The summed E-state index contributed by atoms with van der Waals surface area (Å²) in [6.45, 7) is 8.97. The average molecular weight is 729 g/mol. The molecular formula is C34H44N6O8S2. The maximum atomic E-state index is 14.2. The molecule has 0 bridgehead atoms. The number of carbonyl (C=O) groups excluding carboxylic acids is 1. The monoisotopic (exact) mass is 728 g/mol. The van der Waals surface area contributed by atoms with Crippen LogP contribution >= 0.6 is 0 Å². The minimum Gasteiger partial charge on any atom is -0.487 e. The van der Waals surface area contributed by atoms with Gasteiger partial charge in [-0.1, -0.05) is 30.3 Å². The highest BCUT2D eigenvalue weighted by molar-refractivity contribution is 7.90. The van der Waals surface area contributed by atoms with Crippen molar-refractivity contribution in [2.24, 2.45) is 5.73 Å². The Bertz CT molecular complexity index is 2080. The summed E-state index contributed by atoms with van der Waals surface area (Å²) in [5, 5.41) is 19.1. The summed E-state index contributed by atoms with van der Waals surface area (Å²) in [5.41, 5.74) is 7.79. The number of hydrogen-bond donors (Lipinski definition) is 4. The van der Waals surface area contributed by atoms with Crippen molar-refractivity contribution in [1.82, 2.24) is 18.8 Å². The number of amides is 2. The lowest BCUT2D eigenvalue weighted by Gasteiger charge is -2.35. The zero-order chi connectivity index (χ0) is 36.8. The second-order valence-electron chi connectivity index (χ2n) is 13.4. The van der Waals surface area contributed by atoms with Gasteiger partial charge < -0.3 is 25.4 Å². The first-order valence-electron chi connectivity index (χ1n) is 16.3. The van der Waals surface area contributed by atoms with Gasteiger partial charge >= 0.3 is 6.09 Å². The van der Waals surface area contributed by atoms with Crippen molar-refractivity contribution in [3.8, 4) is 5.75 Å². The van der Waals surface area contributed by atoms with E-state index in [1.807, 2.05) is 26.0 Å². The average Bonchev–Trinajstić information content (AvgIpc) is 3.39. The van der Waals surface area contributed by atoms with Crippen LogP contribution in [-0.4, -0.2) is 98.4 Å². The van der Waals surface area contributed by atoms with Gasteiger partial charge in [0.2, 0.25) is 21.9 Å². The predicted molar refractivity (Wildman–Crippen MR) is 188 cm³/mol. The van der Waals surface area contributed by atoms with Crippen LogP contribution in [0.1, 0.15) is 48.9 Å². The van der Waals surface area contributed by atoms with E-state index in [9.17, 15) is 31.5 Å². The van der Waals surface area contributed by atoms with Crippen molar-refractivity contribution in [3.05, 3.63) is 64.7 Å². The second kappa shape index (κ2) is 13.7. The minimum atomic E-state index is -4.36. The van der Waals surface area contributed by atoms with E-state index in [4.69, 9.17) is 15.9 Å². The van der Waals surface area contributed by atoms with Gasteiger partial charge in [-0.25, -0.2) is 25.9 Å². The summed E-state index contributed by atoms with van der Waals surface area (Å²) >= 11 is 0. The third-order valence-corrected chi connectivity index (χ3v) is 13.0. The van der Waals surface area contributed by atoms with Crippen LogP contribution in [0.25, 0.3) is 10.8 Å². The number of nitrogens with one attached hydrogen (secondary N) is 2. The molecule has 5 rings (SSSR count). The number of guanidine groups is 1. The molecule has 14 nitrogen and oxygen atoms in total. The highest BCUT2D eigenvalue weighted by atomic mass is 32.2. The molecular weight excluding hydrogens is 685 g/mol. The number of fused-ring (bicyclic) bond motifs is 2. The molecule has 16 heteroatoms. The van der Waals surface area contributed by atoms with Crippen LogP contribution in [0.4, 0.5) is 4.79 Å². The third kappa shape index (κ3) is 7.23. The van der Waals surface area contributed by atoms with Crippen LogP contribution in [0, 0.1) is 26.2 Å². The number of hydrogen-bond acceptors (Lipinski definition) is 8. The number of sulfonamides is 2. The molecule has 270 valence electrons. The van der Waals surface area contributed by atoms with Crippen LogP contribution < -0.4 is 15.2 Å². The van der Waals surface area contributed by atoms with Crippen molar-refractivity contribution in [2.75, 3.05) is 32.7 Å². The standard InChI is InChI=1S/C34H44N6O8S2/c1-21-22(2)30(23(3)27-20-34(4,5)48-29(21)27)50(46,47)40(32(35)36)14-8-11-28(31(41)38-15-17-39(18-16-38)33(42)43)37-49(44,45)26-13-12-24-9-6-7-10-25(24)19-26/h6-7,9-10,12-13,19,28,37H,8,11,14-18,20H2,1-5H3,(H3,35,36)(H,42,43). The Morgan fingerprint density at radius 3 is 2.22 bits per heavy atom. The molecule has 0 radical (unpaired) electrons. The Balaban J connectivity index is 1.41. The van der Waals surface area contributed by atoms with E-state index in [2.05, 4.69) is 4.72 Å². The van der Waals surface area contributed by atoms with E-state index in [1.165, 1.54) is 21.9 Å². The number of rotatable bonds is 10. The zero-order valence-electron chi connectivity index (χ0n) is 28.8. The fourth-order valence-corrected chi connectivity index (χ4v) is 9.87. The highest BCUT2D eigenvalue weighted by Crippen LogP contribution is 2.44. The highest BCUT2D eigenvalue weighted by Gasteiger charge is 2.39. The first-order valence-corrected chi connectivity index (χ1v) is 19.2. The molecule has 0 spiro atoms. The number of carbonyl (C=O) groups is 2. The molecule has 1 unspecified atom stereocenters. The van der Waals surface area contributed by atoms with Crippen LogP contribution in [0.15, 0.2) is 52.3 Å².